The van der Waals surface area contributed by atoms with Gasteiger partial charge in [0, 0.05) is 22.7 Å². The monoisotopic (exact) mass is 441 g/mol. The largest absolute Gasteiger partial charge is 0.485 e. The van der Waals surface area contributed by atoms with Crippen LogP contribution in [0.5, 0.6) is 5.75 Å². The van der Waals surface area contributed by atoms with E-state index in [1.165, 1.54) is 0 Å². The molecule has 0 radical (unpaired) electrons. The van der Waals surface area contributed by atoms with E-state index in [-0.39, 0.29) is 23.7 Å². The van der Waals surface area contributed by atoms with Crippen LogP contribution in [0.15, 0.2) is 58.1 Å². The normalized spacial score (nSPS) is 10.6. The van der Waals surface area contributed by atoms with Gasteiger partial charge < -0.3 is 10.5 Å². The zero-order valence-corrected chi connectivity index (χ0v) is 17.4. The van der Waals surface area contributed by atoms with Crippen LogP contribution in [0.2, 0.25) is 5.02 Å². The fourth-order valence-electron chi connectivity index (χ4n) is 2.99. The van der Waals surface area contributed by atoms with E-state index in [9.17, 15) is 19.2 Å². The number of carbonyl (C=O) groups is 2. The SMILES string of the molecule is CCCn1c(N)c(C(=O)COc2ccc(C(=O)c3ccc(Cl)cc3)cc2)c(=O)[nH]c1=O. The molecular weight excluding hydrogens is 422 g/mol. The maximum absolute atomic E-state index is 12.5. The number of hydrogen-bond donors (Lipinski definition) is 2. The van der Waals surface area contributed by atoms with Crippen molar-refractivity contribution in [2.45, 2.75) is 19.9 Å². The van der Waals surface area contributed by atoms with E-state index in [1.807, 2.05) is 6.92 Å². The Morgan fingerprint density at radius 3 is 2.19 bits per heavy atom. The van der Waals surface area contributed by atoms with Crippen LogP contribution in [0.3, 0.4) is 0 Å². The lowest BCUT2D eigenvalue weighted by atomic mass is 10.0. The highest BCUT2D eigenvalue weighted by atomic mass is 35.5. The second-order valence-corrected chi connectivity index (χ2v) is 7.18. The highest BCUT2D eigenvalue weighted by molar-refractivity contribution is 6.30. The summed E-state index contributed by atoms with van der Waals surface area (Å²) in [5, 5.41) is 0.537. The van der Waals surface area contributed by atoms with E-state index in [4.69, 9.17) is 22.1 Å². The Kier molecular flexibility index (Phi) is 6.71. The average Bonchev–Trinajstić information content (AvgIpc) is 2.75. The lowest BCUT2D eigenvalue weighted by molar-refractivity contribution is 0.0919. The summed E-state index contributed by atoms with van der Waals surface area (Å²) in [6, 6.07) is 12.8. The van der Waals surface area contributed by atoms with Crippen molar-refractivity contribution in [2.75, 3.05) is 12.3 Å². The minimum atomic E-state index is -0.854. The molecule has 160 valence electrons. The standard InChI is InChI=1S/C22H20ClN3O5/c1-2-11-26-20(24)18(21(29)25-22(26)30)17(27)12-31-16-9-5-14(6-10-16)19(28)13-3-7-15(23)8-4-13/h3-10H,2,11-12,24H2,1H3,(H,25,29,30). The van der Waals surface area contributed by atoms with Crippen LogP contribution in [0.4, 0.5) is 5.82 Å². The maximum atomic E-state index is 12.5. The van der Waals surface area contributed by atoms with Gasteiger partial charge in [-0.05, 0) is 55.0 Å². The molecule has 0 saturated heterocycles. The summed E-state index contributed by atoms with van der Waals surface area (Å²) in [5.74, 6) is -0.701. The van der Waals surface area contributed by atoms with E-state index >= 15 is 0 Å². The Morgan fingerprint density at radius 1 is 1.03 bits per heavy atom. The molecule has 3 aromatic rings. The molecule has 31 heavy (non-hydrogen) atoms. The van der Waals surface area contributed by atoms with E-state index in [2.05, 4.69) is 4.98 Å². The first kappa shape index (κ1) is 22.0. The molecular formula is C22H20ClN3O5. The van der Waals surface area contributed by atoms with Crippen LogP contribution in [0, 0.1) is 0 Å². The van der Waals surface area contributed by atoms with Gasteiger partial charge in [-0.25, -0.2) is 4.79 Å². The van der Waals surface area contributed by atoms with Crippen LogP contribution in [-0.2, 0) is 6.54 Å². The van der Waals surface area contributed by atoms with Crippen LogP contribution >= 0.6 is 11.6 Å². The molecule has 3 N–H and O–H groups in total. The van der Waals surface area contributed by atoms with Crippen molar-refractivity contribution in [3.8, 4) is 5.75 Å². The van der Waals surface area contributed by atoms with E-state index < -0.39 is 23.6 Å². The van der Waals surface area contributed by atoms with Crippen molar-refractivity contribution in [1.29, 1.82) is 0 Å². The summed E-state index contributed by atoms with van der Waals surface area (Å²) in [6.07, 6.45) is 0.599. The molecule has 0 fully saturated rings. The van der Waals surface area contributed by atoms with Crippen molar-refractivity contribution in [1.82, 2.24) is 9.55 Å². The molecule has 0 aliphatic carbocycles. The Morgan fingerprint density at radius 2 is 1.61 bits per heavy atom. The first-order chi connectivity index (χ1) is 14.8. The van der Waals surface area contributed by atoms with Crippen LogP contribution < -0.4 is 21.7 Å². The minimum absolute atomic E-state index is 0.184. The van der Waals surface area contributed by atoms with Gasteiger partial charge in [-0.15, -0.1) is 0 Å². The van der Waals surface area contributed by atoms with Crippen LogP contribution in [0.1, 0.15) is 39.6 Å². The average molecular weight is 442 g/mol. The van der Waals surface area contributed by atoms with Gasteiger partial charge in [-0.2, -0.15) is 0 Å². The number of aromatic nitrogens is 2. The topological polar surface area (TPSA) is 124 Å². The molecule has 0 spiro atoms. The number of ether oxygens (including phenoxy) is 1. The van der Waals surface area contributed by atoms with Gasteiger partial charge in [0.2, 0.25) is 5.78 Å². The fraction of sp³-hybridized carbons (Fsp3) is 0.182. The Labute approximate surface area is 182 Å². The summed E-state index contributed by atoms with van der Waals surface area (Å²) < 4.78 is 6.59. The van der Waals surface area contributed by atoms with Gasteiger partial charge in [-0.3, -0.25) is 23.9 Å². The molecule has 1 aromatic heterocycles. The van der Waals surface area contributed by atoms with Gasteiger partial charge in [-0.1, -0.05) is 18.5 Å². The fourth-order valence-corrected chi connectivity index (χ4v) is 3.12. The third-order valence-electron chi connectivity index (χ3n) is 4.56. The number of nitrogens with two attached hydrogens (primary N) is 1. The first-order valence-corrected chi connectivity index (χ1v) is 9.88. The number of hydrogen-bond acceptors (Lipinski definition) is 6. The number of nitrogen functional groups attached to an aromatic ring is 1. The molecule has 0 aliphatic rings. The number of carbonyl (C=O) groups excluding carboxylic acids is 2. The molecule has 0 saturated carbocycles. The summed E-state index contributed by atoms with van der Waals surface area (Å²) >= 11 is 5.84. The number of rotatable bonds is 8. The van der Waals surface area contributed by atoms with Crippen LogP contribution in [0.25, 0.3) is 0 Å². The molecule has 8 nitrogen and oxygen atoms in total. The van der Waals surface area contributed by atoms with Gasteiger partial charge in [0.1, 0.15) is 17.1 Å². The number of aromatic amines is 1. The van der Waals surface area contributed by atoms with Crippen molar-refractivity contribution in [2.24, 2.45) is 0 Å². The second-order valence-electron chi connectivity index (χ2n) is 6.74. The van der Waals surface area contributed by atoms with Gasteiger partial charge in [0.15, 0.2) is 12.4 Å². The van der Waals surface area contributed by atoms with E-state index in [0.717, 1.165) is 4.57 Å². The number of Topliss-reactive ketones (excluding diaryl/α,β-unsaturated/α-hetero) is 1. The third kappa shape index (κ3) is 4.92. The minimum Gasteiger partial charge on any atom is -0.485 e. The highest BCUT2D eigenvalue weighted by Crippen LogP contribution is 2.17. The molecule has 0 amide bonds. The summed E-state index contributed by atoms with van der Waals surface area (Å²) in [5.41, 5.74) is 4.97. The Bertz CT molecular complexity index is 1230. The number of anilines is 1. The van der Waals surface area contributed by atoms with Gasteiger partial charge in [0.05, 0.1) is 0 Å². The Hall–Kier alpha value is -3.65. The molecule has 3 rings (SSSR count). The zero-order valence-electron chi connectivity index (χ0n) is 16.7. The Balaban J connectivity index is 1.72. The van der Waals surface area contributed by atoms with Crippen LogP contribution in [-0.4, -0.2) is 27.7 Å². The maximum Gasteiger partial charge on any atom is 0.329 e. The predicted molar refractivity (Wildman–Crippen MR) is 117 cm³/mol. The summed E-state index contributed by atoms with van der Waals surface area (Å²) in [7, 11) is 0. The van der Waals surface area contributed by atoms with Crippen molar-refractivity contribution < 1.29 is 14.3 Å². The lowest BCUT2D eigenvalue weighted by Gasteiger charge is -2.11. The van der Waals surface area contributed by atoms with Crippen molar-refractivity contribution in [3.63, 3.8) is 0 Å². The van der Waals surface area contributed by atoms with Crippen molar-refractivity contribution >= 4 is 29.0 Å². The number of nitrogens with one attached hydrogen (secondary N) is 1. The number of ketones is 2. The molecule has 0 atom stereocenters. The molecule has 0 bridgehead atoms. The lowest BCUT2D eigenvalue weighted by Crippen LogP contribution is -2.37. The molecule has 9 heteroatoms. The second kappa shape index (κ2) is 9.44. The predicted octanol–water partition coefficient (Wildman–Crippen LogP) is 2.67. The first-order valence-electron chi connectivity index (χ1n) is 9.50. The molecule has 2 aromatic carbocycles. The molecule has 0 unspecified atom stereocenters. The summed E-state index contributed by atoms with van der Waals surface area (Å²) in [4.78, 5) is 51.0. The molecule has 1 heterocycles. The zero-order chi connectivity index (χ0) is 22.5. The van der Waals surface area contributed by atoms with Gasteiger partial charge >= 0.3 is 5.69 Å². The quantitative estimate of drug-likeness (QED) is 0.518. The third-order valence-corrected chi connectivity index (χ3v) is 4.81. The number of H-pyrrole nitrogens is 1. The number of halogens is 1. The molecule has 0 aliphatic heterocycles. The van der Waals surface area contributed by atoms with E-state index in [1.54, 1.807) is 48.5 Å². The van der Waals surface area contributed by atoms with Crippen molar-refractivity contribution in [3.05, 3.63) is 91.1 Å². The number of benzene rings is 2. The highest BCUT2D eigenvalue weighted by Gasteiger charge is 2.19. The summed E-state index contributed by atoms with van der Waals surface area (Å²) in [6.45, 7) is 1.65. The number of nitrogens with zero attached hydrogens (tertiary/aromatic N) is 1. The van der Waals surface area contributed by atoms with Gasteiger partial charge in [0.25, 0.3) is 5.56 Å². The smallest absolute Gasteiger partial charge is 0.329 e. The van der Waals surface area contributed by atoms with E-state index in [0.29, 0.717) is 28.3 Å².